The molecule has 1 amide bonds. The number of rotatable bonds is 6. The minimum Gasteiger partial charge on any atom is -0.333 e. The lowest BCUT2D eigenvalue weighted by atomic mass is 9.59. The number of hydrogen-bond acceptors (Lipinski definition) is 3. The van der Waals surface area contributed by atoms with Gasteiger partial charge in [0.1, 0.15) is 5.83 Å². The van der Waals surface area contributed by atoms with Crippen LogP contribution in [0.25, 0.3) is 0 Å². The van der Waals surface area contributed by atoms with Gasteiger partial charge in [-0.25, -0.2) is 4.39 Å². The van der Waals surface area contributed by atoms with Crippen LogP contribution in [0.1, 0.15) is 117 Å². The summed E-state index contributed by atoms with van der Waals surface area (Å²) in [4.78, 5) is 20.8. The SMILES string of the molecule is CCC(=Nc1ccc(C2C=C(F)C(C3(C)CC(C)C3)NC2)cc1C)C1CC(C)c2c(cccc2C2CC2)C(=O)N1C. The molecule has 41 heavy (non-hydrogen) atoms. The smallest absolute Gasteiger partial charge is 0.254 e. The summed E-state index contributed by atoms with van der Waals surface area (Å²) in [6, 6.07) is 12.4. The summed E-state index contributed by atoms with van der Waals surface area (Å²) in [5.41, 5.74) is 7.71. The van der Waals surface area contributed by atoms with Crippen molar-refractivity contribution in [2.75, 3.05) is 13.6 Å². The molecule has 2 aromatic rings. The van der Waals surface area contributed by atoms with Gasteiger partial charge >= 0.3 is 0 Å². The molecule has 5 heteroatoms. The topological polar surface area (TPSA) is 44.7 Å². The Morgan fingerprint density at radius 1 is 1.17 bits per heavy atom. The molecule has 4 aliphatic rings. The van der Waals surface area contributed by atoms with Gasteiger partial charge in [0, 0.05) is 30.8 Å². The average Bonchev–Trinajstić information content (AvgIpc) is 3.79. The molecular formula is C36H46FN3O. The molecule has 2 fully saturated rings. The van der Waals surface area contributed by atoms with Gasteiger partial charge in [0.05, 0.1) is 17.8 Å². The number of nitrogens with zero attached hydrogens (tertiary/aromatic N) is 2. The lowest BCUT2D eigenvalue weighted by Gasteiger charge is -2.50. The fourth-order valence-electron chi connectivity index (χ4n) is 8.20. The van der Waals surface area contributed by atoms with E-state index in [2.05, 4.69) is 70.3 Å². The predicted octanol–water partition coefficient (Wildman–Crippen LogP) is 8.35. The third kappa shape index (κ3) is 5.20. The molecule has 1 N–H and O–H groups in total. The highest BCUT2D eigenvalue weighted by Gasteiger charge is 2.47. The molecule has 2 aliphatic carbocycles. The van der Waals surface area contributed by atoms with Crippen LogP contribution in [0.2, 0.25) is 0 Å². The van der Waals surface area contributed by atoms with E-state index < -0.39 is 0 Å². The third-order valence-electron chi connectivity index (χ3n) is 10.4. The molecule has 2 aliphatic heterocycles. The van der Waals surface area contributed by atoms with E-state index in [4.69, 9.17) is 4.99 Å². The second kappa shape index (κ2) is 10.8. The van der Waals surface area contributed by atoms with E-state index in [1.165, 1.54) is 24.0 Å². The first-order valence-corrected chi connectivity index (χ1v) is 15.8. The van der Waals surface area contributed by atoms with Crippen molar-refractivity contribution < 1.29 is 9.18 Å². The quantitative estimate of drug-likeness (QED) is 0.364. The van der Waals surface area contributed by atoms with Crippen LogP contribution in [0, 0.1) is 18.3 Å². The highest BCUT2D eigenvalue weighted by Crippen LogP contribution is 2.50. The van der Waals surface area contributed by atoms with Crippen LogP contribution in [0.4, 0.5) is 10.1 Å². The highest BCUT2D eigenvalue weighted by molar-refractivity contribution is 6.02. The Morgan fingerprint density at radius 2 is 1.93 bits per heavy atom. The van der Waals surface area contributed by atoms with Crippen molar-refractivity contribution in [2.24, 2.45) is 16.3 Å². The van der Waals surface area contributed by atoms with E-state index in [0.717, 1.165) is 60.3 Å². The molecule has 4 unspecified atom stereocenters. The zero-order valence-corrected chi connectivity index (χ0v) is 25.6. The third-order valence-corrected chi connectivity index (χ3v) is 10.4. The molecule has 2 heterocycles. The first kappa shape index (κ1) is 28.3. The van der Waals surface area contributed by atoms with Gasteiger partial charge in [-0.05, 0) is 109 Å². The lowest BCUT2D eigenvalue weighted by molar-refractivity contribution is 0.0436. The summed E-state index contributed by atoms with van der Waals surface area (Å²) in [5.74, 6) is 1.69. The summed E-state index contributed by atoms with van der Waals surface area (Å²) in [6.07, 6.45) is 8.11. The van der Waals surface area contributed by atoms with Crippen molar-refractivity contribution in [3.63, 3.8) is 0 Å². The van der Waals surface area contributed by atoms with Crippen LogP contribution in [0.3, 0.4) is 0 Å². The Morgan fingerprint density at radius 3 is 2.56 bits per heavy atom. The number of nitrogens with one attached hydrogen (secondary N) is 1. The zero-order valence-electron chi connectivity index (χ0n) is 25.6. The molecule has 4 atom stereocenters. The van der Waals surface area contributed by atoms with Crippen LogP contribution >= 0.6 is 0 Å². The van der Waals surface area contributed by atoms with Crippen LogP contribution in [-0.2, 0) is 0 Å². The van der Waals surface area contributed by atoms with Crippen LogP contribution < -0.4 is 5.32 Å². The molecule has 0 spiro atoms. The summed E-state index contributed by atoms with van der Waals surface area (Å²) < 4.78 is 15.3. The van der Waals surface area contributed by atoms with Crippen molar-refractivity contribution in [3.8, 4) is 0 Å². The maximum Gasteiger partial charge on any atom is 0.254 e. The molecule has 0 aromatic heterocycles. The predicted molar refractivity (Wildman–Crippen MR) is 166 cm³/mol. The van der Waals surface area contributed by atoms with Gasteiger partial charge in [0.2, 0.25) is 0 Å². The van der Waals surface area contributed by atoms with E-state index >= 15 is 4.39 Å². The maximum absolute atomic E-state index is 15.3. The lowest BCUT2D eigenvalue weighted by Crippen LogP contribution is -2.53. The fraction of sp³-hybridized carbons (Fsp3) is 0.556. The molecule has 2 saturated carbocycles. The second-order valence-electron chi connectivity index (χ2n) is 13.8. The first-order valence-electron chi connectivity index (χ1n) is 15.8. The standard InChI is InChI=1S/C36H46FN3O/c1-7-30(32-16-23(4)33-27(24-11-12-24)9-8-10-28(33)35(41)40(32)6)39-31-14-13-25(15-22(31)3)26-17-29(37)34(38-20-26)36(5)18-21(2)19-36/h8-10,13-15,17,21,23-24,26,32,34,38H,7,11-12,16,18-20H2,1-6H3. The Labute approximate surface area is 245 Å². The van der Waals surface area contributed by atoms with Crippen molar-refractivity contribution in [2.45, 2.75) is 103 Å². The van der Waals surface area contributed by atoms with Gasteiger partial charge in [-0.2, -0.15) is 0 Å². The second-order valence-corrected chi connectivity index (χ2v) is 13.8. The Bertz CT molecular complexity index is 1400. The summed E-state index contributed by atoms with van der Waals surface area (Å²) >= 11 is 0. The first-order chi connectivity index (χ1) is 19.6. The van der Waals surface area contributed by atoms with E-state index in [1.54, 1.807) is 0 Å². The van der Waals surface area contributed by atoms with Gasteiger partial charge in [-0.3, -0.25) is 9.79 Å². The fourth-order valence-corrected chi connectivity index (χ4v) is 8.20. The van der Waals surface area contributed by atoms with E-state index in [1.807, 2.05) is 24.1 Å². The van der Waals surface area contributed by atoms with E-state index in [0.29, 0.717) is 11.8 Å². The summed E-state index contributed by atoms with van der Waals surface area (Å²) in [7, 11) is 1.94. The van der Waals surface area contributed by atoms with Crippen molar-refractivity contribution in [1.29, 1.82) is 0 Å². The largest absolute Gasteiger partial charge is 0.333 e. The number of fused-ring (bicyclic) bond motifs is 1. The number of amides is 1. The van der Waals surface area contributed by atoms with Gasteiger partial charge in [-0.15, -0.1) is 0 Å². The minimum absolute atomic E-state index is 0.00954. The average molecular weight is 556 g/mol. The molecule has 4 nitrogen and oxygen atoms in total. The van der Waals surface area contributed by atoms with Gasteiger partial charge in [0.15, 0.2) is 0 Å². The minimum atomic E-state index is -0.166. The zero-order chi connectivity index (χ0) is 29.1. The van der Waals surface area contributed by atoms with Crippen LogP contribution in [0.15, 0.2) is 53.3 Å². The molecule has 2 aromatic carbocycles. The van der Waals surface area contributed by atoms with Crippen LogP contribution in [0.5, 0.6) is 0 Å². The van der Waals surface area contributed by atoms with Crippen molar-refractivity contribution in [3.05, 3.63) is 76.1 Å². The van der Waals surface area contributed by atoms with E-state index in [-0.39, 0.29) is 41.1 Å². The molecule has 0 radical (unpaired) electrons. The Balaban J connectivity index is 1.24. The molecule has 0 bridgehead atoms. The Hall–Kier alpha value is -2.79. The number of aryl methyl sites for hydroxylation is 1. The molecule has 218 valence electrons. The molecular weight excluding hydrogens is 509 g/mol. The van der Waals surface area contributed by atoms with Crippen molar-refractivity contribution >= 4 is 17.3 Å². The van der Waals surface area contributed by atoms with Crippen LogP contribution in [-0.4, -0.2) is 42.2 Å². The number of carbonyl (C=O) groups is 1. The van der Waals surface area contributed by atoms with Gasteiger partial charge in [-0.1, -0.05) is 52.0 Å². The number of halogens is 1. The summed E-state index contributed by atoms with van der Waals surface area (Å²) in [6.45, 7) is 11.7. The monoisotopic (exact) mass is 555 g/mol. The van der Waals surface area contributed by atoms with Gasteiger partial charge < -0.3 is 10.2 Å². The van der Waals surface area contributed by atoms with E-state index in [9.17, 15) is 4.79 Å². The summed E-state index contributed by atoms with van der Waals surface area (Å²) in [5, 5.41) is 3.53. The number of benzene rings is 2. The molecule has 6 rings (SSSR count). The normalized spacial score (nSPS) is 32.2. The number of hydrogen-bond donors (Lipinski definition) is 1. The number of carbonyl (C=O) groups excluding carboxylic acids is 1. The van der Waals surface area contributed by atoms with Crippen molar-refractivity contribution in [1.82, 2.24) is 10.2 Å². The van der Waals surface area contributed by atoms with Gasteiger partial charge in [0.25, 0.3) is 5.91 Å². The highest BCUT2D eigenvalue weighted by atomic mass is 19.1. The Kier molecular flexibility index (Phi) is 7.46. The number of aliphatic imine (C=N–C) groups is 1. The molecule has 0 saturated heterocycles. The maximum atomic E-state index is 15.3.